The third kappa shape index (κ3) is 4.27. The Morgan fingerprint density at radius 1 is 1.03 bits per heavy atom. The minimum atomic E-state index is -3.71. The van der Waals surface area contributed by atoms with E-state index >= 15 is 0 Å². The maximum Gasteiger partial charge on any atom is 0.261 e. The van der Waals surface area contributed by atoms with Gasteiger partial charge in [-0.3, -0.25) is 9.52 Å². The Labute approximate surface area is 178 Å². The van der Waals surface area contributed by atoms with Crippen molar-refractivity contribution >= 4 is 34.0 Å². The van der Waals surface area contributed by atoms with Crippen molar-refractivity contribution in [1.82, 2.24) is 10.2 Å². The van der Waals surface area contributed by atoms with E-state index in [-0.39, 0.29) is 23.2 Å². The molecule has 4 rings (SSSR count). The molecule has 8 heteroatoms. The fourth-order valence-corrected chi connectivity index (χ4v) is 5.17. The maximum atomic E-state index is 12.8. The smallest absolute Gasteiger partial charge is 0.261 e. The molecular formula is C21H26ClN3O3S. The second-order valence-corrected chi connectivity index (χ2v) is 9.45. The summed E-state index contributed by atoms with van der Waals surface area (Å²) in [4.78, 5) is 14.8. The summed E-state index contributed by atoms with van der Waals surface area (Å²) in [7, 11) is -3.71. The number of carbonyl (C=O) groups is 1. The first-order valence-electron chi connectivity index (χ1n) is 9.54. The summed E-state index contributed by atoms with van der Waals surface area (Å²) in [5, 5.41) is 3.36. The molecule has 2 saturated heterocycles. The Morgan fingerprint density at radius 3 is 2.28 bits per heavy atom. The minimum Gasteiger partial charge on any atom is -0.338 e. The second-order valence-electron chi connectivity index (χ2n) is 7.77. The van der Waals surface area contributed by atoms with E-state index in [1.54, 1.807) is 18.2 Å². The number of benzene rings is 2. The third-order valence-corrected chi connectivity index (χ3v) is 7.32. The van der Waals surface area contributed by atoms with E-state index in [0.717, 1.165) is 37.3 Å². The van der Waals surface area contributed by atoms with Crippen LogP contribution in [-0.4, -0.2) is 45.4 Å². The van der Waals surface area contributed by atoms with Crippen molar-refractivity contribution in [1.29, 1.82) is 0 Å². The van der Waals surface area contributed by atoms with Gasteiger partial charge in [-0.05, 0) is 67.1 Å². The first kappa shape index (κ1) is 21.6. The summed E-state index contributed by atoms with van der Waals surface area (Å²) in [6.45, 7) is 7.30. The Balaban J connectivity index is 0.00000240. The Kier molecular flexibility index (Phi) is 6.22. The van der Waals surface area contributed by atoms with Gasteiger partial charge in [-0.2, -0.15) is 0 Å². The number of nitrogens with one attached hydrogen (secondary N) is 2. The van der Waals surface area contributed by atoms with Crippen LogP contribution in [0.2, 0.25) is 0 Å². The summed E-state index contributed by atoms with van der Waals surface area (Å²) in [5.41, 5.74) is 3.01. The van der Waals surface area contributed by atoms with Crippen LogP contribution in [0.15, 0.2) is 47.4 Å². The van der Waals surface area contributed by atoms with Crippen LogP contribution in [0.3, 0.4) is 0 Å². The summed E-state index contributed by atoms with van der Waals surface area (Å²) >= 11 is 0. The van der Waals surface area contributed by atoms with Gasteiger partial charge in [0.25, 0.3) is 15.9 Å². The molecule has 156 valence electrons. The van der Waals surface area contributed by atoms with Gasteiger partial charge in [-0.15, -0.1) is 12.4 Å². The van der Waals surface area contributed by atoms with Crippen LogP contribution in [0.1, 0.15) is 21.5 Å². The lowest BCUT2D eigenvalue weighted by Gasteiger charge is -2.18. The Bertz CT molecular complexity index is 996. The Hall–Kier alpha value is -2.09. The molecule has 2 heterocycles. The van der Waals surface area contributed by atoms with Crippen LogP contribution in [0, 0.1) is 25.7 Å². The maximum absolute atomic E-state index is 12.8. The molecule has 0 bridgehead atoms. The first-order valence-corrected chi connectivity index (χ1v) is 11.0. The molecule has 0 aliphatic carbocycles. The number of halogens is 1. The number of aryl methyl sites for hydroxylation is 1. The van der Waals surface area contributed by atoms with Gasteiger partial charge in [-0.1, -0.05) is 12.1 Å². The highest BCUT2D eigenvalue weighted by atomic mass is 35.5. The number of rotatable bonds is 4. The van der Waals surface area contributed by atoms with E-state index < -0.39 is 10.0 Å². The van der Waals surface area contributed by atoms with Gasteiger partial charge in [0.15, 0.2) is 0 Å². The molecule has 2 N–H and O–H groups in total. The van der Waals surface area contributed by atoms with Crippen LogP contribution >= 0.6 is 12.4 Å². The average molecular weight is 436 g/mol. The van der Waals surface area contributed by atoms with E-state index in [1.807, 2.05) is 30.9 Å². The molecule has 0 saturated carbocycles. The second kappa shape index (κ2) is 8.34. The normalized spacial score (nSPS) is 20.8. The molecule has 2 aliphatic rings. The van der Waals surface area contributed by atoms with E-state index in [0.29, 0.717) is 23.1 Å². The SMILES string of the molecule is Cc1cccc(NS(=O)(=O)c2ccc(C(=O)N3C[C@H]4CNC[C@H]4C3)cc2)c1C.Cl. The van der Waals surface area contributed by atoms with Gasteiger partial charge < -0.3 is 10.2 Å². The largest absolute Gasteiger partial charge is 0.338 e. The molecule has 2 atom stereocenters. The number of likely N-dealkylation sites (tertiary alicyclic amines) is 1. The van der Waals surface area contributed by atoms with Crippen LogP contribution in [0.5, 0.6) is 0 Å². The topological polar surface area (TPSA) is 78.5 Å². The van der Waals surface area contributed by atoms with E-state index in [4.69, 9.17) is 0 Å². The monoisotopic (exact) mass is 435 g/mol. The number of fused-ring (bicyclic) bond motifs is 1. The molecule has 1 amide bonds. The highest BCUT2D eigenvalue weighted by molar-refractivity contribution is 7.92. The molecule has 6 nitrogen and oxygen atoms in total. The van der Waals surface area contributed by atoms with Gasteiger partial charge >= 0.3 is 0 Å². The zero-order valence-electron chi connectivity index (χ0n) is 16.5. The highest BCUT2D eigenvalue weighted by Gasteiger charge is 2.38. The zero-order chi connectivity index (χ0) is 19.9. The van der Waals surface area contributed by atoms with Crippen LogP contribution < -0.4 is 10.0 Å². The number of anilines is 1. The number of amides is 1. The predicted octanol–water partition coefficient (Wildman–Crippen LogP) is 2.82. The molecule has 2 aromatic rings. The van der Waals surface area contributed by atoms with Gasteiger partial charge in [0.2, 0.25) is 0 Å². The summed E-state index contributed by atoms with van der Waals surface area (Å²) in [5.74, 6) is 1.04. The van der Waals surface area contributed by atoms with Crippen molar-refractivity contribution in [3.8, 4) is 0 Å². The summed E-state index contributed by atoms with van der Waals surface area (Å²) < 4.78 is 28.1. The van der Waals surface area contributed by atoms with Crippen molar-refractivity contribution < 1.29 is 13.2 Å². The van der Waals surface area contributed by atoms with Crippen molar-refractivity contribution in [3.05, 3.63) is 59.2 Å². The number of sulfonamides is 1. The van der Waals surface area contributed by atoms with Crippen molar-refractivity contribution in [2.45, 2.75) is 18.7 Å². The lowest BCUT2D eigenvalue weighted by atomic mass is 10.0. The summed E-state index contributed by atoms with van der Waals surface area (Å²) in [6, 6.07) is 11.7. The van der Waals surface area contributed by atoms with Gasteiger partial charge in [0.1, 0.15) is 0 Å². The van der Waals surface area contributed by atoms with E-state index in [1.165, 1.54) is 12.1 Å². The predicted molar refractivity (Wildman–Crippen MR) is 116 cm³/mol. The molecule has 2 fully saturated rings. The van der Waals surface area contributed by atoms with Crippen LogP contribution in [-0.2, 0) is 10.0 Å². The Morgan fingerprint density at radius 2 is 1.66 bits per heavy atom. The number of carbonyl (C=O) groups excluding carboxylic acids is 1. The fraction of sp³-hybridized carbons (Fsp3) is 0.381. The van der Waals surface area contributed by atoms with Crippen LogP contribution in [0.4, 0.5) is 5.69 Å². The molecule has 0 unspecified atom stereocenters. The molecule has 0 aromatic heterocycles. The highest BCUT2D eigenvalue weighted by Crippen LogP contribution is 2.28. The van der Waals surface area contributed by atoms with Crippen LogP contribution in [0.25, 0.3) is 0 Å². The third-order valence-electron chi connectivity index (χ3n) is 5.94. The standard InChI is InChI=1S/C21H25N3O3S.ClH/c1-14-4-3-5-20(15(14)2)23-28(26,27)19-8-6-16(7-9-19)21(25)24-12-17-10-22-11-18(17)13-24;/h3-9,17-18,22-23H,10-13H2,1-2H3;1H/t17-,18+;. The van der Waals surface area contributed by atoms with Gasteiger partial charge in [0.05, 0.1) is 10.6 Å². The number of hydrogen-bond donors (Lipinski definition) is 2. The van der Waals surface area contributed by atoms with E-state index in [9.17, 15) is 13.2 Å². The van der Waals surface area contributed by atoms with Crippen molar-refractivity contribution in [2.75, 3.05) is 30.9 Å². The lowest BCUT2D eigenvalue weighted by Crippen LogP contribution is -2.31. The quantitative estimate of drug-likeness (QED) is 0.774. The van der Waals surface area contributed by atoms with Gasteiger partial charge in [-0.25, -0.2) is 8.42 Å². The zero-order valence-corrected chi connectivity index (χ0v) is 18.1. The summed E-state index contributed by atoms with van der Waals surface area (Å²) in [6.07, 6.45) is 0. The first-order chi connectivity index (χ1) is 13.3. The fourth-order valence-electron chi connectivity index (χ4n) is 4.05. The average Bonchev–Trinajstić information content (AvgIpc) is 3.27. The van der Waals surface area contributed by atoms with Gasteiger partial charge in [0, 0.05) is 31.7 Å². The molecule has 0 radical (unpaired) electrons. The van der Waals surface area contributed by atoms with E-state index in [2.05, 4.69) is 10.0 Å². The van der Waals surface area contributed by atoms with Crippen molar-refractivity contribution in [3.63, 3.8) is 0 Å². The lowest BCUT2D eigenvalue weighted by molar-refractivity contribution is 0.0781. The molecular weight excluding hydrogens is 410 g/mol. The molecule has 0 spiro atoms. The minimum absolute atomic E-state index is 0. The molecule has 29 heavy (non-hydrogen) atoms. The molecule has 2 aliphatic heterocycles. The number of nitrogens with zero attached hydrogens (tertiary/aromatic N) is 1. The number of hydrogen-bond acceptors (Lipinski definition) is 4. The molecule has 2 aromatic carbocycles. The van der Waals surface area contributed by atoms with Crippen molar-refractivity contribution in [2.24, 2.45) is 11.8 Å².